The van der Waals surface area contributed by atoms with Crippen LogP contribution in [-0.4, -0.2) is 35.3 Å². The molecule has 1 aliphatic heterocycles. The number of H-pyrrole nitrogens is 1. The smallest absolute Gasteiger partial charge is 0.321 e. The summed E-state index contributed by atoms with van der Waals surface area (Å²) in [5, 5.41) is 10.3. The molecule has 2 heterocycles. The van der Waals surface area contributed by atoms with E-state index in [2.05, 4.69) is 4.98 Å². The highest BCUT2D eigenvalue weighted by atomic mass is 16.5. The number of aromatic amines is 1. The van der Waals surface area contributed by atoms with Crippen LogP contribution in [0.5, 0.6) is 0 Å². The van der Waals surface area contributed by atoms with E-state index in [0.29, 0.717) is 13.2 Å². The summed E-state index contributed by atoms with van der Waals surface area (Å²) < 4.78 is 5.28. The van der Waals surface area contributed by atoms with E-state index in [-0.39, 0.29) is 0 Å². The zero-order valence-corrected chi connectivity index (χ0v) is 10.6. The van der Waals surface area contributed by atoms with E-state index in [9.17, 15) is 9.90 Å². The first-order valence-electron chi connectivity index (χ1n) is 6.20. The molecule has 0 amide bonds. The van der Waals surface area contributed by atoms with Crippen LogP contribution in [0.2, 0.25) is 0 Å². The zero-order valence-electron chi connectivity index (χ0n) is 10.6. The summed E-state index contributed by atoms with van der Waals surface area (Å²) in [7, 11) is 0. The predicted octanol–water partition coefficient (Wildman–Crippen LogP) is 1.16. The minimum absolute atomic E-state index is 0.350. The van der Waals surface area contributed by atoms with Crippen molar-refractivity contribution in [1.82, 2.24) is 4.98 Å². The maximum atomic E-state index is 11.3. The fourth-order valence-corrected chi connectivity index (χ4v) is 2.96. The largest absolute Gasteiger partial charge is 0.480 e. The average Bonchev–Trinajstić information content (AvgIpc) is 2.65. The summed E-state index contributed by atoms with van der Waals surface area (Å²) in [5.41, 5.74) is 8.22. The molecule has 1 unspecified atom stereocenters. The van der Waals surface area contributed by atoms with Crippen LogP contribution < -0.4 is 5.73 Å². The molecule has 1 aromatic carbocycles. The van der Waals surface area contributed by atoms with Gasteiger partial charge in [-0.15, -0.1) is 0 Å². The van der Waals surface area contributed by atoms with Crippen molar-refractivity contribution in [2.24, 2.45) is 5.73 Å². The van der Waals surface area contributed by atoms with E-state index in [1.807, 2.05) is 31.2 Å². The van der Waals surface area contributed by atoms with Crippen LogP contribution in [0.1, 0.15) is 11.3 Å². The molecule has 1 fully saturated rings. The highest BCUT2D eigenvalue weighted by molar-refractivity contribution is 5.88. The van der Waals surface area contributed by atoms with E-state index < -0.39 is 17.4 Å². The van der Waals surface area contributed by atoms with E-state index in [0.717, 1.165) is 22.2 Å². The van der Waals surface area contributed by atoms with Gasteiger partial charge in [-0.3, -0.25) is 4.79 Å². The lowest BCUT2D eigenvalue weighted by atomic mass is 9.71. The van der Waals surface area contributed by atoms with Crippen molar-refractivity contribution < 1.29 is 14.6 Å². The second kappa shape index (κ2) is 4.08. The molecule has 5 heteroatoms. The Hall–Kier alpha value is -1.85. The SMILES string of the molecule is Cc1[nH]c2ccccc2c1C1(C(N)C(=O)O)COC1. The Bertz CT molecular complexity index is 643. The summed E-state index contributed by atoms with van der Waals surface area (Å²) in [4.78, 5) is 14.6. The minimum atomic E-state index is -0.993. The molecule has 4 N–H and O–H groups in total. The lowest BCUT2D eigenvalue weighted by molar-refractivity contribution is -0.148. The number of rotatable bonds is 3. The van der Waals surface area contributed by atoms with Gasteiger partial charge in [0.25, 0.3) is 0 Å². The number of carboxylic acid groups (broad SMARTS) is 1. The lowest BCUT2D eigenvalue weighted by Gasteiger charge is -2.44. The molecule has 0 aliphatic carbocycles. The first kappa shape index (κ1) is 12.2. The van der Waals surface area contributed by atoms with Crippen LogP contribution >= 0.6 is 0 Å². The van der Waals surface area contributed by atoms with Gasteiger partial charge in [0.2, 0.25) is 0 Å². The van der Waals surface area contributed by atoms with Gasteiger partial charge < -0.3 is 20.6 Å². The normalized spacial score (nSPS) is 19.1. The molecular weight excluding hydrogens is 244 g/mol. The third-order valence-electron chi connectivity index (χ3n) is 3.97. The van der Waals surface area contributed by atoms with Crippen LogP contribution in [0.15, 0.2) is 24.3 Å². The van der Waals surface area contributed by atoms with Crippen molar-refractivity contribution >= 4 is 16.9 Å². The number of carbonyl (C=O) groups is 1. The third-order valence-corrected chi connectivity index (χ3v) is 3.97. The number of para-hydroxylation sites is 1. The molecule has 1 atom stereocenters. The average molecular weight is 260 g/mol. The van der Waals surface area contributed by atoms with Crippen molar-refractivity contribution in [2.75, 3.05) is 13.2 Å². The highest BCUT2D eigenvalue weighted by Crippen LogP contribution is 2.41. The summed E-state index contributed by atoms with van der Waals surface area (Å²) in [5.74, 6) is -0.993. The molecule has 0 radical (unpaired) electrons. The molecule has 0 spiro atoms. The van der Waals surface area contributed by atoms with Gasteiger partial charge in [-0.1, -0.05) is 18.2 Å². The highest BCUT2D eigenvalue weighted by Gasteiger charge is 2.51. The Morgan fingerprint density at radius 2 is 2.16 bits per heavy atom. The van der Waals surface area contributed by atoms with Gasteiger partial charge in [-0.25, -0.2) is 0 Å². The summed E-state index contributed by atoms with van der Waals surface area (Å²) in [6, 6.07) is 6.90. The number of nitrogens with two attached hydrogens (primary N) is 1. The molecule has 1 aromatic heterocycles. The molecule has 0 bridgehead atoms. The van der Waals surface area contributed by atoms with Crippen molar-refractivity contribution in [3.05, 3.63) is 35.5 Å². The first-order chi connectivity index (χ1) is 9.06. The number of fused-ring (bicyclic) bond motifs is 1. The molecule has 5 nitrogen and oxygen atoms in total. The van der Waals surface area contributed by atoms with Gasteiger partial charge in [-0.2, -0.15) is 0 Å². The Morgan fingerprint density at radius 1 is 1.47 bits per heavy atom. The fourth-order valence-electron chi connectivity index (χ4n) is 2.96. The van der Waals surface area contributed by atoms with Crippen LogP contribution in [-0.2, 0) is 14.9 Å². The number of carboxylic acids is 1. The van der Waals surface area contributed by atoms with Gasteiger partial charge in [0, 0.05) is 16.6 Å². The zero-order chi connectivity index (χ0) is 13.6. The van der Waals surface area contributed by atoms with E-state index >= 15 is 0 Å². The lowest BCUT2D eigenvalue weighted by Crippen LogP contribution is -2.62. The maximum absolute atomic E-state index is 11.3. The summed E-state index contributed by atoms with van der Waals surface area (Å²) in [6.07, 6.45) is 0. The summed E-state index contributed by atoms with van der Waals surface area (Å²) >= 11 is 0. The topological polar surface area (TPSA) is 88.3 Å². The summed E-state index contributed by atoms with van der Waals surface area (Å²) in [6.45, 7) is 2.65. The second-order valence-corrected chi connectivity index (χ2v) is 5.14. The standard InChI is InChI=1S/C14H16N2O3/c1-8-11(9-4-2-3-5-10(9)16-8)14(6-19-7-14)12(15)13(17)18/h2-5,12,16H,6-7,15H2,1H3,(H,17,18). The molecule has 3 rings (SSSR count). The van der Waals surface area contributed by atoms with E-state index in [1.54, 1.807) is 0 Å². The molecule has 1 saturated heterocycles. The van der Waals surface area contributed by atoms with Crippen LogP contribution in [0.25, 0.3) is 10.9 Å². The van der Waals surface area contributed by atoms with Gasteiger partial charge in [0.1, 0.15) is 6.04 Å². The monoisotopic (exact) mass is 260 g/mol. The number of aromatic nitrogens is 1. The van der Waals surface area contributed by atoms with Crippen molar-refractivity contribution in [3.63, 3.8) is 0 Å². The number of benzene rings is 1. The Labute approximate surface area is 110 Å². The second-order valence-electron chi connectivity index (χ2n) is 5.14. The Morgan fingerprint density at radius 3 is 2.74 bits per heavy atom. The third kappa shape index (κ3) is 1.59. The van der Waals surface area contributed by atoms with Crippen LogP contribution in [0.4, 0.5) is 0 Å². The molecule has 1 aliphatic rings. The number of ether oxygens (including phenoxy) is 1. The van der Waals surface area contributed by atoms with Gasteiger partial charge >= 0.3 is 5.97 Å². The quantitative estimate of drug-likeness (QED) is 0.772. The molecule has 19 heavy (non-hydrogen) atoms. The van der Waals surface area contributed by atoms with E-state index in [4.69, 9.17) is 10.5 Å². The number of hydrogen-bond donors (Lipinski definition) is 3. The maximum Gasteiger partial charge on any atom is 0.321 e. The van der Waals surface area contributed by atoms with Gasteiger partial charge in [-0.05, 0) is 18.6 Å². The molecule has 2 aromatic rings. The number of aryl methyl sites for hydroxylation is 1. The number of aliphatic carboxylic acids is 1. The Balaban J connectivity index is 2.22. The number of nitrogens with one attached hydrogen (secondary N) is 1. The van der Waals surface area contributed by atoms with Gasteiger partial charge in [0.15, 0.2) is 0 Å². The number of hydrogen-bond acceptors (Lipinski definition) is 3. The minimum Gasteiger partial charge on any atom is -0.480 e. The molecule has 100 valence electrons. The van der Waals surface area contributed by atoms with Crippen LogP contribution in [0, 0.1) is 6.92 Å². The van der Waals surface area contributed by atoms with Crippen LogP contribution in [0.3, 0.4) is 0 Å². The molecular formula is C14H16N2O3. The van der Waals surface area contributed by atoms with Crippen molar-refractivity contribution in [2.45, 2.75) is 18.4 Å². The fraction of sp³-hybridized carbons (Fsp3) is 0.357. The van der Waals surface area contributed by atoms with Crippen molar-refractivity contribution in [1.29, 1.82) is 0 Å². The van der Waals surface area contributed by atoms with Crippen molar-refractivity contribution in [3.8, 4) is 0 Å². The molecule has 0 saturated carbocycles. The van der Waals surface area contributed by atoms with E-state index in [1.165, 1.54) is 0 Å². The van der Waals surface area contributed by atoms with Gasteiger partial charge in [0.05, 0.1) is 18.6 Å². The first-order valence-corrected chi connectivity index (χ1v) is 6.20. The Kier molecular flexibility index (Phi) is 2.62. The predicted molar refractivity (Wildman–Crippen MR) is 71.1 cm³/mol.